The van der Waals surface area contributed by atoms with Crippen molar-refractivity contribution in [2.24, 2.45) is 0 Å². The molecule has 0 atom stereocenters. The molecule has 0 unspecified atom stereocenters. The van der Waals surface area contributed by atoms with Crippen molar-refractivity contribution in [3.63, 3.8) is 0 Å². The van der Waals surface area contributed by atoms with E-state index in [2.05, 4.69) is 52.2 Å². The third-order valence-corrected chi connectivity index (χ3v) is 3.14. The van der Waals surface area contributed by atoms with Gasteiger partial charge >= 0.3 is 0 Å². The quantitative estimate of drug-likeness (QED) is 0.682. The van der Waals surface area contributed by atoms with E-state index in [1.807, 2.05) is 0 Å². The first-order valence-electron chi connectivity index (χ1n) is 5.70. The highest BCUT2D eigenvalue weighted by molar-refractivity contribution is 5.91. The van der Waals surface area contributed by atoms with E-state index in [1.54, 1.807) is 6.20 Å². The summed E-state index contributed by atoms with van der Waals surface area (Å²) in [5.41, 5.74) is 10.6. The number of fused-ring (bicyclic) bond motifs is 1. The maximum Gasteiger partial charge on any atom is 0.240 e. The van der Waals surface area contributed by atoms with Gasteiger partial charge in [0.25, 0.3) is 0 Å². The van der Waals surface area contributed by atoms with Crippen LogP contribution < -0.4 is 5.73 Å². The second-order valence-corrected chi connectivity index (χ2v) is 4.32. The smallest absolute Gasteiger partial charge is 0.240 e. The summed E-state index contributed by atoms with van der Waals surface area (Å²) in [4.78, 5) is 7.36. The number of nitrogens with one attached hydrogen (secondary N) is 1. The number of aromatic amines is 1. The Morgan fingerprint density at radius 1 is 1.17 bits per heavy atom. The second-order valence-electron chi connectivity index (χ2n) is 4.32. The van der Waals surface area contributed by atoms with Crippen molar-refractivity contribution in [3.8, 4) is 11.4 Å². The Labute approximate surface area is 104 Å². The number of nitrogen functional groups attached to an aromatic ring is 1. The zero-order valence-corrected chi connectivity index (χ0v) is 10.2. The van der Waals surface area contributed by atoms with Crippen LogP contribution in [0, 0.1) is 13.8 Å². The van der Waals surface area contributed by atoms with Crippen molar-refractivity contribution < 1.29 is 0 Å². The number of nitrogens with zero attached hydrogens (tertiary/aromatic N) is 3. The highest BCUT2D eigenvalue weighted by Crippen LogP contribution is 2.29. The maximum atomic E-state index is 5.45. The van der Waals surface area contributed by atoms with Gasteiger partial charge in [-0.15, -0.1) is 10.2 Å². The van der Waals surface area contributed by atoms with Crippen molar-refractivity contribution in [2.45, 2.75) is 13.8 Å². The molecule has 0 aliphatic carbocycles. The largest absolute Gasteiger partial charge is 0.366 e. The first-order chi connectivity index (χ1) is 8.66. The third-order valence-electron chi connectivity index (χ3n) is 3.14. The molecule has 0 radical (unpaired) electrons. The zero-order valence-electron chi connectivity index (χ0n) is 10.2. The molecule has 1 aromatic carbocycles. The number of H-pyrrole nitrogens is 1. The van der Waals surface area contributed by atoms with Crippen molar-refractivity contribution in [3.05, 3.63) is 35.5 Å². The summed E-state index contributed by atoms with van der Waals surface area (Å²) in [5.74, 6) is 0.184. The van der Waals surface area contributed by atoms with Crippen molar-refractivity contribution >= 4 is 16.9 Å². The number of benzene rings is 1. The fourth-order valence-electron chi connectivity index (χ4n) is 2.15. The molecule has 5 heteroatoms. The van der Waals surface area contributed by atoms with Gasteiger partial charge in [-0.3, -0.25) is 0 Å². The highest BCUT2D eigenvalue weighted by atomic mass is 15.2. The summed E-state index contributed by atoms with van der Waals surface area (Å²) in [7, 11) is 0. The van der Waals surface area contributed by atoms with Gasteiger partial charge in [-0.1, -0.05) is 18.2 Å². The number of hydrogen-bond donors (Lipinski definition) is 2. The van der Waals surface area contributed by atoms with E-state index in [1.165, 1.54) is 10.9 Å². The standard InChI is InChI=1S/C13H13N5/c1-7-4-3-5-9-8(2)12(16-11(7)9)10-6-15-13(14)18-17-10/h3-6,16H,1-2H3,(H2,14,15,18). The van der Waals surface area contributed by atoms with Crippen LogP contribution >= 0.6 is 0 Å². The van der Waals surface area contributed by atoms with E-state index in [4.69, 9.17) is 5.73 Å². The first kappa shape index (κ1) is 10.7. The molecule has 0 fully saturated rings. The number of nitrogens with two attached hydrogens (primary N) is 1. The molecule has 18 heavy (non-hydrogen) atoms. The van der Waals surface area contributed by atoms with Gasteiger partial charge in [0.1, 0.15) is 5.69 Å². The van der Waals surface area contributed by atoms with Crippen LogP contribution in [0.4, 0.5) is 5.95 Å². The van der Waals surface area contributed by atoms with Gasteiger partial charge in [0.05, 0.1) is 11.9 Å². The van der Waals surface area contributed by atoms with Crippen LogP contribution in [0.5, 0.6) is 0 Å². The Hall–Kier alpha value is -2.43. The minimum Gasteiger partial charge on any atom is -0.366 e. The number of aryl methyl sites for hydroxylation is 2. The first-order valence-corrected chi connectivity index (χ1v) is 5.70. The lowest BCUT2D eigenvalue weighted by Gasteiger charge is -1.97. The molecule has 0 saturated heterocycles. The Morgan fingerprint density at radius 2 is 2.00 bits per heavy atom. The van der Waals surface area contributed by atoms with Gasteiger partial charge in [-0.05, 0) is 25.0 Å². The van der Waals surface area contributed by atoms with Crippen LogP contribution in [0.1, 0.15) is 11.1 Å². The van der Waals surface area contributed by atoms with Crippen LogP contribution in [-0.4, -0.2) is 20.2 Å². The molecule has 3 aromatic rings. The van der Waals surface area contributed by atoms with Gasteiger partial charge in [-0.2, -0.15) is 0 Å². The SMILES string of the molecule is Cc1c(-c2cnc(N)nn2)[nH]c2c(C)cccc12. The molecule has 0 bridgehead atoms. The minimum absolute atomic E-state index is 0.184. The van der Waals surface area contributed by atoms with Crippen LogP contribution in [0.25, 0.3) is 22.3 Å². The van der Waals surface area contributed by atoms with Gasteiger partial charge in [0.15, 0.2) is 0 Å². The summed E-state index contributed by atoms with van der Waals surface area (Å²) in [6.45, 7) is 4.14. The van der Waals surface area contributed by atoms with Crippen LogP contribution in [-0.2, 0) is 0 Å². The normalized spacial score (nSPS) is 11.0. The lowest BCUT2D eigenvalue weighted by molar-refractivity contribution is 0.987. The summed E-state index contributed by atoms with van der Waals surface area (Å²) in [5, 5.41) is 9.05. The van der Waals surface area contributed by atoms with E-state index < -0.39 is 0 Å². The molecular weight excluding hydrogens is 226 g/mol. The zero-order chi connectivity index (χ0) is 12.7. The topological polar surface area (TPSA) is 80.5 Å². The number of para-hydroxylation sites is 1. The van der Waals surface area contributed by atoms with E-state index in [9.17, 15) is 0 Å². The molecule has 2 heterocycles. The summed E-state index contributed by atoms with van der Waals surface area (Å²) >= 11 is 0. The summed E-state index contributed by atoms with van der Waals surface area (Å²) in [6, 6.07) is 6.22. The number of aromatic nitrogens is 4. The number of rotatable bonds is 1. The molecule has 0 aliphatic heterocycles. The van der Waals surface area contributed by atoms with E-state index >= 15 is 0 Å². The minimum atomic E-state index is 0.184. The van der Waals surface area contributed by atoms with Gasteiger partial charge in [0.2, 0.25) is 5.95 Å². The average molecular weight is 239 g/mol. The number of hydrogen-bond acceptors (Lipinski definition) is 4. The molecule has 0 aliphatic rings. The Kier molecular flexibility index (Phi) is 2.26. The Morgan fingerprint density at radius 3 is 2.67 bits per heavy atom. The van der Waals surface area contributed by atoms with E-state index in [0.717, 1.165) is 16.8 Å². The van der Waals surface area contributed by atoms with Crippen molar-refractivity contribution in [1.82, 2.24) is 20.2 Å². The van der Waals surface area contributed by atoms with Crippen LogP contribution in [0.3, 0.4) is 0 Å². The summed E-state index contributed by atoms with van der Waals surface area (Å²) < 4.78 is 0. The van der Waals surface area contributed by atoms with Crippen LogP contribution in [0.2, 0.25) is 0 Å². The average Bonchev–Trinajstić information content (AvgIpc) is 2.70. The monoisotopic (exact) mass is 239 g/mol. The molecule has 90 valence electrons. The molecule has 0 amide bonds. The lowest BCUT2D eigenvalue weighted by Crippen LogP contribution is -1.98. The molecule has 0 saturated carbocycles. The van der Waals surface area contributed by atoms with Gasteiger partial charge < -0.3 is 10.7 Å². The van der Waals surface area contributed by atoms with Crippen molar-refractivity contribution in [1.29, 1.82) is 0 Å². The Bertz CT molecular complexity index is 712. The van der Waals surface area contributed by atoms with E-state index in [0.29, 0.717) is 5.69 Å². The van der Waals surface area contributed by atoms with E-state index in [-0.39, 0.29) is 5.95 Å². The molecule has 2 aromatic heterocycles. The van der Waals surface area contributed by atoms with Crippen molar-refractivity contribution in [2.75, 3.05) is 5.73 Å². The predicted molar refractivity (Wildman–Crippen MR) is 71.0 cm³/mol. The fourth-order valence-corrected chi connectivity index (χ4v) is 2.15. The lowest BCUT2D eigenvalue weighted by atomic mass is 10.1. The molecule has 5 nitrogen and oxygen atoms in total. The predicted octanol–water partition coefficient (Wildman–Crippen LogP) is 2.22. The molecule has 3 N–H and O–H groups in total. The summed E-state index contributed by atoms with van der Waals surface area (Å²) in [6.07, 6.45) is 1.63. The second kappa shape index (κ2) is 3.80. The van der Waals surface area contributed by atoms with Gasteiger partial charge in [-0.25, -0.2) is 4.98 Å². The third kappa shape index (κ3) is 1.52. The van der Waals surface area contributed by atoms with Gasteiger partial charge in [0, 0.05) is 10.9 Å². The fraction of sp³-hybridized carbons (Fsp3) is 0.154. The Balaban J connectivity index is 2.27. The molecule has 0 spiro atoms. The number of anilines is 1. The van der Waals surface area contributed by atoms with Crippen LogP contribution in [0.15, 0.2) is 24.4 Å². The maximum absolute atomic E-state index is 5.45. The molecule has 3 rings (SSSR count). The highest BCUT2D eigenvalue weighted by Gasteiger charge is 2.12. The molecular formula is C13H13N5.